The lowest BCUT2D eigenvalue weighted by Crippen LogP contribution is -2.56. The van der Waals surface area contributed by atoms with Crippen molar-refractivity contribution in [2.75, 3.05) is 24.6 Å². The van der Waals surface area contributed by atoms with Gasteiger partial charge in [0, 0.05) is 24.4 Å². The average molecular weight is 298 g/mol. The zero-order chi connectivity index (χ0) is 15.8. The summed E-state index contributed by atoms with van der Waals surface area (Å²) in [5.74, 6) is 0.674. The first-order valence-corrected chi connectivity index (χ1v) is 7.28. The lowest BCUT2D eigenvalue weighted by Gasteiger charge is -2.46. The van der Waals surface area contributed by atoms with Crippen LogP contribution in [0, 0.1) is 16.7 Å². The zero-order valence-electron chi connectivity index (χ0n) is 12.7. The molecule has 0 bridgehead atoms. The Kier molecular flexibility index (Phi) is 3.45. The molecule has 1 aliphatic heterocycles. The van der Waals surface area contributed by atoms with Crippen LogP contribution in [0.25, 0.3) is 0 Å². The molecule has 1 aromatic heterocycles. The Balaban J connectivity index is 1.94. The van der Waals surface area contributed by atoms with Gasteiger partial charge in [0.15, 0.2) is 5.78 Å². The number of morpholine rings is 1. The second-order valence-electron chi connectivity index (χ2n) is 6.46. The number of ketones is 1. The summed E-state index contributed by atoms with van der Waals surface area (Å²) < 4.78 is 6.00. The quantitative estimate of drug-likeness (QED) is 0.781. The Morgan fingerprint density at radius 2 is 2.23 bits per heavy atom. The van der Waals surface area contributed by atoms with E-state index in [1.165, 1.54) is 0 Å². The van der Waals surface area contributed by atoms with Gasteiger partial charge in [0.2, 0.25) is 0 Å². The molecule has 6 nitrogen and oxygen atoms in total. The number of carbonyl (C=O) groups excluding carboxylic acids is 1. The van der Waals surface area contributed by atoms with Crippen LogP contribution >= 0.6 is 0 Å². The van der Waals surface area contributed by atoms with Crippen molar-refractivity contribution >= 4 is 11.6 Å². The molecule has 1 atom stereocenters. The average Bonchev–Trinajstić information content (AvgIpc) is 2.51. The van der Waals surface area contributed by atoms with Crippen molar-refractivity contribution in [3.63, 3.8) is 0 Å². The van der Waals surface area contributed by atoms with E-state index in [4.69, 9.17) is 4.74 Å². The number of hydrogen-bond donors (Lipinski definition) is 0. The van der Waals surface area contributed by atoms with Crippen LogP contribution < -0.4 is 4.90 Å². The standard InChI is InChI=1S/C16H18N4O2/c1-15(2)10-16(7-12(8-17)14(15)21)11-20(5-6-22-16)13-9-18-3-4-19-13/h3-4,7,9H,5-6,10-11H2,1-2H3. The smallest absolute Gasteiger partial charge is 0.178 e. The molecular formula is C16H18N4O2. The summed E-state index contributed by atoms with van der Waals surface area (Å²) in [6, 6.07) is 2.02. The van der Waals surface area contributed by atoms with Crippen LogP contribution in [-0.2, 0) is 9.53 Å². The van der Waals surface area contributed by atoms with E-state index in [0.717, 1.165) is 5.82 Å². The van der Waals surface area contributed by atoms with E-state index in [2.05, 4.69) is 14.9 Å². The van der Waals surface area contributed by atoms with Gasteiger partial charge >= 0.3 is 0 Å². The van der Waals surface area contributed by atoms with E-state index in [9.17, 15) is 10.1 Å². The number of ether oxygens (including phenoxy) is 1. The van der Waals surface area contributed by atoms with Crippen molar-refractivity contribution in [1.29, 1.82) is 5.26 Å². The fourth-order valence-corrected chi connectivity index (χ4v) is 3.31. The Morgan fingerprint density at radius 3 is 2.91 bits per heavy atom. The van der Waals surface area contributed by atoms with Crippen LogP contribution in [-0.4, -0.2) is 41.0 Å². The van der Waals surface area contributed by atoms with Crippen LogP contribution in [0.5, 0.6) is 0 Å². The van der Waals surface area contributed by atoms with E-state index < -0.39 is 11.0 Å². The van der Waals surface area contributed by atoms with E-state index >= 15 is 0 Å². The number of carbonyl (C=O) groups is 1. The van der Waals surface area contributed by atoms with Crippen molar-refractivity contribution in [3.05, 3.63) is 30.2 Å². The largest absolute Gasteiger partial charge is 0.367 e. The highest BCUT2D eigenvalue weighted by molar-refractivity contribution is 6.04. The van der Waals surface area contributed by atoms with Crippen LogP contribution in [0.4, 0.5) is 5.82 Å². The number of nitriles is 1. The van der Waals surface area contributed by atoms with Gasteiger partial charge in [0.25, 0.3) is 0 Å². The summed E-state index contributed by atoms with van der Waals surface area (Å²) in [4.78, 5) is 22.8. The maximum absolute atomic E-state index is 12.3. The van der Waals surface area contributed by atoms with Crippen LogP contribution in [0.2, 0.25) is 0 Å². The molecule has 2 heterocycles. The maximum Gasteiger partial charge on any atom is 0.178 e. The molecule has 2 aliphatic rings. The van der Waals surface area contributed by atoms with Crippen LogP contribution in [0.3, 0.4) is 0 Å². The highest BCUT2D eigenvalue weighted by atomic mass is 16.5. The summed E-state index contributed by atoms with van der Waals surface area (Å²) >= 11 is 0. The summed E-state index contributed by atoms with van der Waals surface area (Å²) in [5, 5.41) is 9.26. The summed E-state index contributed by atoms with van der Waals surface area (Å²) in [5.41, 5.74) is -1.04. The normalized spacial score (nSPS) is 27.4. The number of rotatable bonds is 1. The molecule has 0 saturated carbocycles. The molecule has 1 spiro atoms. The Hall–Kier alpha value is -2.26. The maximum atomic E-state index is 12.3. The third-order valence-corrected chi connectivity index (χ3v) is 4.21. The van der Waals surface area contributed by atoms with Gasteiger partial charge in [0.05, 0.1) is 24.9 Å². The van der Waals surface area contributed by atoms with Crippen LogP contribution in [0.15, 0.2) is 30.2 Å². The molecule has 1 aromatic rings. The van der Waals surface area contributed by atoms with Gasteiger partial charge in [0.1, 0.15) is 17.5 Å². The summed E-state index contributed by atoms with van der Waals surface area (Å²) in [6.45, 7) is 5.53. The molecular weight excluding hydrogens is 280 g/mol. The number of Topliss-reactive ketones (excluding diaryl/α,β-unsaturated/α-hetero) is 1. The van der Waals surface area contributed by atoms with Gasteiger partial charge in [-0.1, -0.05) is 13.8 Å². The number of allylic oxidation sites excluding steroid dienone is 1. The Morgan fingerprint density at radius 1 is 1.41 bits per heavy atom. The Bertz CT molecular complexity index is 662. The molecule has 3 rings (SSSR count). The van der Waals surface area contributed by atoms with Crippen LogP contribution in [0.1, 0.15) is 20.3 Å². The van der Waals surface area contributed by atoms with Gasteiger partial charge in [-0.2, -0.15) is 5.26 Å². The number of aromatic nitrogens is 2. The monoisotopic (exact) mass is 298 g/mol. The van der Waals surface area contributed by atoms with E-state index in [-0.39, 0.29) is 11.4 Å². The van der Waals surface area contributed by atoms with E-state index in [1.807, 2.05) is 19.9 Å². The summed E-state index contributed by atoms with van der Waals surface area (Å²) in [7, 11) is 0. The molecule has 0 radical (unpaired) electrons. The molecule has 0 aromatic carbocycles. The predicted molar refractivity (Wildman–Crippen MR) is 80.0 cm³/mol. The van der Waals surface area contributed by atoms with Gasteiger partial charge in [-0.05, 0) is 12.5 Å². The first kappa shape index (κ1) is 14.7. The lowest BCUT2D eigenvalue weighted by atomic mass is 9.69. The van der Waals surface area contributed by atoms with Gasteiger partial charge in [-0.3, -0.25) is 9.78 Å². The molecule has 1 fully saturated rings. The summed E-state index contributed by atoms with van der Waals surface area (Å²) in [6.07, 6.45) is 7.26. The highest BCUT2D eigenvalue weighted by Crippen LogP contribution is 2.41. The Labute approximate surface area is 129 Å². The zero-order valence-corrected chi connectivity index (χ0v) is 12.7. The minimum atomic E-state index is -0.627. The lowest BCUT2D eigenvalue weighted by molar-refractivity contribution is -0.130. The molecule has 0 N–H and O–H groups in total. The number of nitrogens with zero attached hydrogens (tertiary/aromatic N) is 4. The second kappa shape index (κ2) is 5.18. The minimum absolute atomic E-state index is 0.110. The van der Waals surface area contributed by atoms with Gasteiger partial charge in [-0.25, -0.2) is 4.98 Å². The molecule has 1 aliphatic carbocycles. The van der Waals surface area contributed by atoms with Gasteiger partial charge in [-0.15, -0.1) is 0 Å². The van der Waals surface area contributed by atoms with Crippen molar-refractivity contribution in [2.24, 2.45) is 5.41 Å². The second-order valence-corrected chi connectivity index (χ2v) is 6.46. The van der Waals surface area contributed by atoms with Crippen molar-refractivity contribution in [3.8, 4) is 6.07 Å². The number of anilines is 1. The van der Waals surface area contributed by atoms with E-state index in [1.54, 1.807) is 24.7 Å². The topological polar surface area (TPSA) is 79.1 Å². The molecule has 1 saturated heterocycles. The fraction of sp³-hybridized carbons (Fsp3) is 0.500. The molecule has 22 heavy (non-hydrogen) atoms. The molecule has 6 heteroatoms. The van der Waals surface area contributed by atoms with Crippen molar-refractivity contribution in [2.45, 2.75) is 25.9 Å². The third kappa shape index (κ3) is 2.48. The predicted octanol–water partition coefficient (Wildman–Crippen LogP) is 1.50. The minimum Gasteiger partial charge on any atom is -0.367 e. The first-order chi connectivity index (χ1) is 10.5. The van der Waals surface area contributed by atoms with Crippen molar-refractivity contribution in [1.82, 2.24) is 9.97 Å². The van der Waals surface area contributed by atoms with Crippen molar-refractivity contribution < 1.29 is 9.53 Å². The number of hydrogen-bond acceptors (Lipinski definition) is 6. The fourth-order valence-electron chi connectivity index (χ4n) is 3.31. The van der Waals surface area contributed by atoms with Gasteiger partial charge < -0.3 is 9.64 Å². The first-order valence-electron chi connectivity index (χ1n) is 7.28. The third-order valence-electron chi connectivity index (χ3n) is 4.21. The van der Waals surface area contributed by atoms with E-state index in [0.29, 0.717) is 26.1 Å². The molecule has 0 amide bonds. The highest BCUT2D eigenvalue weighted by Gasteiger charge is 2.48. The molecule has 1 unspecified atom stereocenters. The molecule has 114 valence electrons. The SMILES string of the molecule is CC1(C)CC2(C=C(C#N)C1=O)CN(c1cnccn1)CCO2.